The van der Waals surface area contributed by atoms with E-state index in [9.17, 15) is 9.59 Å². The Morgan fingerprint density at radius 1 is 1.59 bits per heavy atom. The Morgan fingerprint density at radius 2 is 2.35 bits per heavy atom. The van der Waals surface area contributed by atoms with Crippen molar-refractivity contribution >= 4 is 11.8 Å². The van der Waals surface area contributed by atoms with Gasteiger partial charge in [-0.25, -0.2) is 0 Å². The zero-order chi connectivity index (χ0) is 12.7. The maximum Gasteiger partial charge on any atom is 0.245 e. The van der Waals surface area contributed by atoms with Crippen LogP contribution in [0.1, 0.15) is 19.8 Å². The summed E-state index contributed by atoms with van der Waals surface area (Å²) in [6.45, 7) is 7.39. The summed E-state index contributed by atoms with van der Waals surface area (Å²) >= 11 is 0. The minimum atomic E-state index is -0.385. The average molecular weight is 240 g/mol. The van der Waals surface area contributed by atoms with Gasteiger partial charge in [0.05, 0.1) is 13.2 Å². The highest BCUT2D eigenvalue weighted by Gasteiger charge is 2.27. The summed E-state index contributed by atoms with van der Waals surface area (Å²) in [6.07, 6.45) is 2.66. The van der Waals surface area contributed by atoms with Crippen LogP contribution in [0.4, 0.5) is 0 Å². The van der Waals surface area contributed by atoms with E-state index in [1.807, 2.05) is 6.92 Å². The molecule has 17 heavy (non-hydrogen) atoms. The molecule has 0 aliphatic carbocycles. The molecule has 0 aromatic heterocycles. The smallest absolute Gasteiger partial charge is 0.245 e. The molecule has 1 N–H and O–H groups in total. The van der Waals surface area contributed by atoms with Gasteiger partial charge in [-0.05, 0) is 6.42 Å². The lowest BCUT2D eigenvalue weighted by molar-refractivity contribution is -0.134. The third kappa shape index (κ3) is 4.19. The number of rotatable bonds is 6. The van der Waals surface area contributed by atoms with Gasteiger partial charge in [0.1, 0.15) is 6.04 Å². The molecule has 0 spiro atoms. The molecule has 96 valence electrons. The quantitative estimate of drug-likeness (QED) is 0.537. The normalized spacial score (nSPS) is 21.0. The second-order valence-electron chi connectivity index (χ2n) is 3.97. The molecule has 1 aliphatic rings. The van der Waals surface area contributed by atoms with Crippen LogP contribution in [-0.4, -0.2) is 49.1 Å². The van der Waals surface area contributed by atoms with E-state index in [1.54, 1.807) is 11.0 Å². The highest BCUT2D eigenvalue weighted by Crippen LogP contribution is 2.06. The van der Waals surface area contributed by atoms with Gasteiger partial charge in [0.25, 0.3) is 0 Å². The molecule has 5 heteroatoms. The molecule has 0 saturated carbocycles. The van der Waals surface area contributed by atoms with Crippen LogP contribution >= 0.6 is 0 Å². The maximum atomic E-state index is 12.0. The minimum absolute atomic E-state index is 0.0134. The lowest BCUT2D eigenvalue weighted by Crippen LogP contribution is -2.45. The van der Waals surface area contributed by atoms with Crippen molar-refractivity contribution in [1.29, 1.82) is 0 Å². The van der Waals surface area contributed by atoms with Crippen LogP contribution in [0.25, 0.3) is 0 Å². The molecule has 1 heterocycles. The molecule has 0 aromatic rings. The maximum absolute atomic E-state index is 12.0. The summed E-state index contributed by atoms with van der Waals surface area (Å²) in [5.41, 5.74) is 0. The standard InChI is InChI=1S/C12H20N2O3/c1-3-8-17-9-7-14-6-5-11(15)13-10(4-2)12(14)16/h3,10H,1,4-9H2,2H3,(H,13,15). The SMILES string of the molecule is C=CCOCCN1CCC(=O)NC(CC)C1=O. The predicted octanol–water partition coefficient (Wildman–Crippen LogP) is 0.316. The Hall–Kier alpha value is -1.36. The zero-order valence-corrected chi connectivity index (χ0v) is 10.3. The van der Waals surface area contributed by atoms with Crippen molar-refractivity contribution in [3.05, 3.63) is 12.7 Å². The van der Waals surface area contributed by atoms with Gasteiger partial charge in [-0.1, -0.05) is 13.0 Å². The topological polar surface area (TPSA) is 58.6 Å². The fourth-order valence-corrected chi connectivity index (χ4v) is 1.74. The lowest BCUT2D eigenvalue weighted by Gasteiger charge is -2.23. The van der Waals surface area contributed by atoms with Crippen LogP contribution in [0.5, 0.6) is 0 Å². The number of ether oxygens (including phenoxy) is 1. The summed E-state index contributed by atoms with van der Waals surface area (Å²) in [4.78, 5) is 25.1. The molecule has 1 aliphatic heterocycles. The predicted molar refractivity (Wildman–Crippen MR) is 64.4 cm³/mol. The van der Waals surface area contributed by atoms with Gasteiger partial charge >= 0.3 is 0 Å². The molecule has 0 radical (unpaired) electrons. The van der Waals surface area contributed by atoms with Crippen LogP contribution in [0, 0.1) is 0 Å². The summed E-state index contributed by atoms with van der Waals surface area (Å²) in [7, 11) is 0. The Balaban J connectivity index is 2.48. The number of nitrogens with one attached hydrogen (secondary N) is 1. The summed E-state index contributed by atoms with van der Waals surface area (Å²) in [6, 6.07) is -0.385. The van der Waals surface area contributed by atoms with E-state index in [-0.39, 0.29) is 17.9 Å². The van der Waals surface area contributed by atoms with Crippen molar-refractivity contribution in [2.45, 2.75) is 25.8 Å². The summed E-state index contributed by atoms with van der Waals surface area (Å²) in [5.74, 6) is -0.0692. The second kappa shape index (κ2) is 7.06. The highest BCUT2D eigenvalue weighted by atomic mass is 16.5. The minimum Gasteiger partial charge on any atom is -0.376 e. The van der Waals surface area contributed by atoms with Crippen molar-refractivity contribution in [3.8, 4) is 0 Å². The molecule has 1 atom stereocenters. The fourth-order valence-electron chi connectivity index (χ4n) is 1.74. The number of hydrogen-bond donors (Lipinski definition) is 1. The van der Waals surface area contributed by atoms with E-state index in [0.29, 0.717) is 39.1 Å². The second-order valence-corrected chi connectivity index (χ2v) is 3.97. The van der Waals surface area contributed by atoms with Crippen LogP contribution in [0.15, 0.2) is 12.7 Å². The molecule has 1 rings (SSSR count). The Kier molecular flexibility index (Phi) is 5.69. The number of hydrogen-bond acceptors (Lipinski definition) is 3. The van der Waals surface area contributed by atoms with Crippen LogP contribution in [-0.2, 0) is 14.3 Å². The molecular formula is C12H20N2O3. The first kappa shape index (κ1) is 13.7. The van der Waals surface area contributed by atoms with Crippen molar-refractivity contribution in [3.63, 3.8) is 0 Å². The summed E-state index contributed by atoms with van der Waals surface area (Å²) < 4.78 is 5.25. The molecule has 0 aromatic carbocycles. The first-order valence-electron chi connectivity index (χ1n) is 5.95. The number of nitrogens with zero attached hydrogens (tertiary/aromatic N) is 1. The van der Waals surface area contributed by atoms with Gasteiger partial charge in [0.15, 0.2) is 0 Å². The van der Waals surface area contributed by atoms with Crippen molar-refractivity contribution in [1.82, 2.24) is 10.2 Å². The van der Waals surface area contributed by atoms with E-state index in [4.69, 9.17) is 4.74 Å². The van der Waals surface area contributed by atoms with Gasteiger partial charge < -0.3 is 15.0 Å². The van der Waals surface area contributed by atoms with Gasteiger partial charge in [-0.2, -0.15) is 0 Å². The number of carbonyl (C=O) groups excluding carboxylic acids is 2. The van der Waals surface area contributed by atoms with Crippen molar-refractivity contribution in [2.24, 2.45) is 0 Å². The van der Waals surface area contributed by atoms with Gasteiger partial charge in [0, 0.05) is 19.5 Å². The highest BCUT2D eigenvalue weighted by molar-refractivity contribution is 5.89. The van der Waals surface area contributed by atoms with Crippen LogP contribution in [0.2, 0.25) is 0 Å². The van der Waals surface area contributed by atoms with Gasteiger partial charge in [0.2, 0.25) is 11.8 Å². The molecule has 0 bridgehead atoms. The number of carbonyl (C=O) groups is 2. The van der Waals surface area contributed by atoms with Gasteiger partial charge in [-0.3, -0.25) is 9.59 Å². The molecular weight excluding hydrogens is 220 g/mol. The lowest BCUT2D eigenvalue weighted by atomic mass is 10.2. The molecule has 5 nitrogen and oxygen atoms in total. The molecule has 2 amide bonds. The summed E-state index contributed by atoms with van der Waals surface area (Å²) in [5, 5.41) is 2.72. The average Bonchev–Trinajstić information content (AvgIpc) is 2.46. The first-order valence-corrected chi connectivity index (χ1v) is 5.95. The first-order chi connectivity index (χ1) is 8.19. The van der Waals surface area contributed by atoms with Crippen molar-refractivity contribution < 1.29 is 14.3 Å². The Morgan fingerprint density at radius 3 is 3.00 bits per heavy atom. The van der Waals surface area contributed by atoms with E-state index in [2.05, 4.69) is 11.9 Å². The largest absolute Gasteiger partial charge is 0.376 e. The third-order valence-corrected chi connectivity index (χ3v) is 2.70. The van der Waals surface area contributed by atoms with E-state index in [0.717, 1.165) is 0 Å². The molecule has 1 fully saturated rings. The fraction of sp³-hybridized carbons (Fsp3) is 0.667. The Labute approximate surface area is 102 Å². The van der Waals surface area contributed by atoms with Crippen LogP contribution < -0.4 is 5.32 Å². The van der Waals surface area contributed by atoms with Crippen LogP contribution in [0.3, 0.4) is 0 Å². The van der Waals surface area contributed by atoms with E-state index < -0.39 is 0 Å². The molecule has 1 saturated heterocycles. The van der Waals surface area contributed by atoms with E-state index in [1.165, 1.54) is 0 Å². The third-order valence-electron chi connectivity index (χ3n) is 2.70. The van der Waals surface area contributed by atoms with Gasteiger partial charge in [-0.15, -0.1) is 6.58 Å². The molecule has 1 unspecified atom stereocenters. The van der Waals surface area contributed by atoms with E-state index >= 15 is 0 Å². The monoisotopic (exact) mass is 240 g/mol. The number of amides is 2. The van der Waals surface area contributed by atoms with Crippen molar-refractivity contribution in [2.75, 3.05) is 26.3 Å². The zero-order valence-electron chi connectivity index (χ0n) is 10.3. The Bertz CT molecular complexity index is 291.